The smallest absolute Gasteiger partial charge is 0.153 e. The van der Waals surface area contributed by atoms with Gasteiger partial charge >= 0.3 is 0 Å². The number of hydrogen-bond donors (Lipinski definition) is 0. The van der Waals surface area contributed by atoms with Crippen LogP contribution in [0.1, 0.15) is 5.56 Å². The molecule has 0 aliphatic rings. The van der Waals surface area contributed by atoms with E-state index < -0.39 is 0 Å². The lowest BCUT2D eigenvalue weighted by atomic mass is 10.2. The summed E-state index contributed by atoms with van der Waals surface area (Å²) in [7, 11) is 0. The molecular formula is C21H17N3O. The van der Waals surface area contributed by atoms with Gasteiger partial charge in [0.1, 0.15) is 17.1 Å². The molecular weight excluding hydrogens is 310 g/mol. The molecule has 0 saturated heterocycles. The molecule has 4 heteroatoms. The summed E-state index contributed by atoms with van der Waals surface area (Å²) in [6.45, 7) is 2.04. The Morgan fingerprint density at radius 3 is 2.48 bits per heavy atom. The van der Waals surface area contributed by atoms with Crippen LogP contribution < -0.4 is 4.74 Å². The van der Waals surface area contributed by atoms with Gasteiger partial charge in [-0.25, -0.2) is 4.68 Å². The number of ether oxygens (including phenoxy) is 1. The normalized spacial score (nSPS) is 10.6. The highest BCUT2D eigenvalue weighted by atomic mass is 16.5. The first-order valence-electron chi connectivity index (χ1n) is 8.11. The number of hydrogen-bond acceptors (Lipinski definition) is 3. The molecule has 4 aromatic rings. The third-order valence-electron chi connectivity index (χ3n) is 3.89. The van der Waals surface area contributed by atoms with Crippen LogP contribution in [-0.2, 0) is 0 Å². The van der Waals surface area contributed by atoms with Gasteiger partial charge in [0.05, 0.1) is 6.20 Å². The van der Waals surface area contributed by atoms with Crippen LogP contribution in [0.15, 0.2) is 85.1 Å². The van der Waals surface area contributed by atoms with Gasteiger partial charge in [0.2, 0.25) is 0 Å². The average Bonchev–Trinajstić information content (AvgIpc) is 3.13. The van der Waals surface area contributed by atoms with E-state index in [4.69, 9.17) is 4.74 Å². The van der Waals surface area contributed by atoms with Crippen LogP contribution in [0, 0.1) is 6.92 Å². The zero-order valence-electron chi connectivity index (χ0n) is 13.8. The van der Waals surface area contributed by atoms with E-state index in [0.29, 0.717) is 0 Å². The van der Waals surface area contributed by atoms with Gasteiger partial charge in [0.15, 0.2) is 5.75 Å². The van der Waals surface area contributed by atoms with Gasteiger partial charge in [-0.2, -0.15) is 0 Å². The maximum atomic E-state index is 6.07. The molecule has 0 saturated carbocycles. The lowest BCUT2D eigenvalue weighted by molar-refractivity contribution is 0.477. The van der Waals surface area contributed by atoms with E-state index in [2.05, 4.69) is 10.3 Å². The molecule has 4 rings (SSSR count). The second-order valence-corrected chi connectivity index (χ2v) is 5.80. The Morgan fingerprint density at radius 2 is 1.64 bits per heavy atom. The predicted molar refractivity (Wildman–Crippen MR) is 98.0 cm³/mol. The summed E-state index contributed by atoms with van der Waals surface area (Å²) in [5.74, 6) is 1.54. The Kier molecular flexibility index (Phi) is 4.01. The molecule has 0 amide bonds. The van der Waals surface area contributed by atoms with E-state index in [1.165, 1.54) is 0 Å². The highest BCUT2D eigenvalue weighted by Gasteiger charge is 2.10. The van der Waals surface area contributed by atoms with Crippen LogP contribution in [0.4, 0.5) is 0 Å². The van der Waals surface area contributed by atoms with Gasteiger partial charge < -0.3 is 4.74 Å². The molecule has 0 unspecified atom stereocenters. The highest BCUT2D eigenvalue weighted by molar-refractivity contribution is 5.58. The largest absolute Gasteiger partial charge is 0.455 e. The molecule has 1 aromatic heterocycles. The lowest BCUT2D eigenvalue weighted by Crippen LogP contribution is -1.98. The third-order valence-corrected chi connectivity index (χ3v) is 3.89. The van der Waals surface area contributed by atoms with Gasteiger partial charge in [-0.15, -0.1) is 5.10 Å². The van der Waals surface area contributed by atoms with Crippen LogP contribution in [0.2, 0.25) is 0 Å². The molecule has 3 aromatic carbocycles. The molecule has 1 heterocycles. The summed E-state index contributed by atoms with van der Waals surface area (Å²) < 4.78 is 7.81. The average molecular weight is 327 g/mol. The molecule has 0 fully saturated rings. The van der Waals surface area contributed by atoms with Crippen molar-refractivity contribution in [3.05, 3.63) is 90.6 Å². The first kappa shape index (κ1) is 15.1. The fourth-order valence-corrected chi connectivity index (χ4v) is 2.66. The van der Waals surface area contributed by atoms with E-state index in [0.717, 1.165) is 34.0 Å². The topological polar surface area (TPSA) is 39.9 Å². The van der Waals surface area contributed by atoms with Crippen LogP contribution in [-0.4, -0.2) is 15.0 Å². The van der Waals surface area contributed by atoms with E-state index >= 15 is 0 Å². The van der Waals surface area contributed by atoms with Gasteiger partial charge in [-0.1, -0.05) is 59.8 Å². The number of rotatable bonds is 4. The number of nitrogens with zero attached hydrogens (tertiary/aromatic N) is 3. The second-order valence-electron chi connectivity index (χ2n) is 5.80. The zero-order valence-corrected chi connectivity index (χ0v) is 13.8. The minimum Gasteiger partial charge on any atom is -0.455 e. The van der Waals surface area contributed by atoms with Crippen molar-refractivity contribution >= 4 is 0 Å². The quantitative estimate of drug-likeness (QED) is 0.527. The Balaban J connectivity index is 1.69. The van der Waals surface area contributed by atoms with E-state index in [1.807, 2.05) is 92.0 Å². The lowest BCUT2D eigenvalue weighted by Gasteiger charge is -2.11. The Labute approximate surface area is 146 Å². The van der Waals surface area contributed by atoms with Gasteiger partial charge in [0, 0.05) is 5.56 Å². The fourth-order valence-electron chi connectivity index (χ4n) is 2.66. The first-order valence-corrected chi connectivity index (χ1v) is 8.11. The molecule has 0 aliphatic carbocycles. The van der Waals surface area contributed by atoms with Crippen LogP contribution in [0.5, 0.6) is 11.5 Å². The summed E-state index contributed by atoms with van der Waals surface area (Å²) in [5, 5.41) is 8.55. The SMILES string of the molecule is Cc1cccc(Oc2ccccc2-n2cc(-c3ccccc3)nn2)c1. The van der Waals surface area contributed by atoms with Gasteiger partial charge in [0.25, 0.3) is 0 Å². The molecule has 0 radical (unpaired) electrons. The predicted octanol–water partition coefficient (Wildman–Crippen LogP) is 5.04. The maximum absolute atomic E-state index is 6.07. The number of aromatic nitrogens is 3. The van der Waals surface area contributed by atoms with Crippen molar-refractivity contribution in [1.29, 1.82) is 0 Å². The van der Waals surface area contributed by atoms with Gasteiger partial charge in [-0.3, -0.25) is 0 Å². The molecule has 0 spiro atoms. The van der Waals surface area contributed by atoms with Gasteiger partial charge in [-0.05, 0) is 36.8 Å². The van der Waals surface area contributed by atoms with Crippen molar-refractivity contribution in [3.63, 3.8) is 0 Å². The molecule has 4 nitrogen and oxygen atoms in total. The number of para-hydroxylation sites is 2. The van der Waals surface area contributed by atoms with Crippen LogP contribution in [0.25, 0.3) is 16.9 Å². The molecule has 0 aliphatic heterocycles. The minimum atomic E-state index is 0.734. The van der Waals surface area contributed by atoms with Crippen molar-refractivity contribution in [2.45, 2.75) is 6.92 Å². The Hall–Kier alpha value is -3.40. The van der Waals surface area contributed by atoms with Crippen molar-refractivity contribution in [2.24, 2.45) is 0 Å². The second kappa shape index (κ2) is 6.61. The molecule has 0 atom stereocenters. The fraction of sp³-hybridized carbons (Fsp3) is 0.0476. The standard InChI is InChI=1S/C21H17N3O/c1-16-8-7-11-18(14-16)25-21-13-6-5-12-20(21)24-15-19(22-23-24)17-9-3-2-4-10-17/h2-15H,1H3. The summed E-state index contributed by atoms with van der Waals surface area (Å²) >= 11 is 0. The van der Waals surface area contributed by atoms with Crippen molar-refractivity contribution in [1.82, 2.24) is 15.0 Å². The monoisotopic (exact) mass is 327 g/mol. The minimum absolute atomic E-state index is 0.734. The zero-order chi connectivity index (χ0) is 17.1. The third kappa shape index (κ3) is 3.28. The van der Waals surface area contributed by atoms with E-state index in [-0.39, 0.29) is 0 Å². The number of benzene rings is 3. The van der Waals surface area contributed by atoms with Crippen LogP contribution in [0.3, 0.4) is 0 Å². The first-order chi connectivity index (χ1) is 12.3. The molecule has 0 N–H and O–H groups in total. The van der Waals surface area contributed by atoms with Crippen LogP contribution >= 0.6 is 0 Å². The maximum Gasteiger partial charge on any atom is 0.153 e. The summed E-state index contributed by atoms with van der Waals surface area (Å²) in [4.78, 5) is 0. The number of aryl methyl sites for hydroxylation is 1. The van der Waals surface area contributed by atoms with E-state index in [1.54, 1.807) is 4.68 Å². The van der Waals surface area contributed by atoms with Crippen molar-refractivity contribution in [2.75, 3.05) is 0 Å². The van der Waals surface area contributed by atoms with Crippen molar-refractivity contribution in [3.8, 4) is 28.4 Å². The molecule has 122 valence electrons. The van der Waals surface area contributed by atoms with Crippen molar-refractivity contribution < 1.29 is 4.74 Å². The van der Waals surface area contributed by atoms with E-state index in [9.17, 15) is 0 Å². The Morgan fingerprint density at radius 1 is 0.840 bits per heavy atom. The molecule has 25 heavy (non-hydrogen) atoms. The Bertz CT molecular complexity index is 993. The highest BCUT2D eigenvalue weighted by Crippen LogP contribution is 2.29. The summed E-state index contributed by atoms with van der Waals surface area (Å²) in [5.41, 5.74) is 3.86. The molecule has 0 bridgehead atoms. The summed E-state index contributed by atoms with van der Waals surface area (Å²) in [6, 6.07) is 25.8. The summed E-state index contributed by atoms with van der Waals surface area (Å²) in [6.07, 6.45) is 1.91.